The van der Waals surface area contributed by atoms with E-state index in [-0.39, 0.29) is 5.91 Å². The van der Waals surface area contributed by atoms with E-state index >= 15 is 0 Å². The zero-order chi connectivity index (χ0) is 28.3. The van der Waals surface area contributed by atoms with Crippen molar-refractivity contribution in [3.8, 4) is 50.7 Å². The standard InChI is InChI=1S/C37H26N4O/c42-37(41-36(30-19-11-4-12-20-30)26-34(39-41)28-15-7-2-8-16-28)31-21-23-32(24-22-31)40-35(29-17-9-3-10-18-29)25-33(38-40)27-13-5-1-6-14-27/h1-26H. The van der Waals surface area contributed by atoms with Gasteiger partial charge in [0.2, 0.25) is 0 Å². The summed E-state index contributed by atoms with van der Waals surface area (Å²) in [5, 5.41) is 9.72. The fourth-order valence-corrected chi connectivity index (χ4v) is 5.11. The molecule has 0 unspecified atom stereocenters. The van der Waals surface area contributed by atoms with E-state index in [2.05, 4.69) is 30.3 Å². The Morgan fingerprint density at radius 1 is 0.452 bits per heavy atom. The van der Waals surface area contributed by atoms with Crippen LogP contribution in [0.15, 0.2) is 158 Å². The summed E-state index contributed by atoms with van der Waals surface area (Å²) in [6.45, 7) is 0. The van der Waals surface area contributed by atoms with Crippen LogP contribution in [0.4, 0.5) is 0 Å². The minimum atomic E-state index is -0.198. The fourth-order valence-electron chi connectivity index (χ4n) is 5.11. The van der Waals surface area contributed by atoms with E-state index in [0.29, 0.717) is 5.56 Å². The van der Waals surface area contributed by atoms with Crippen LogP contribution < -0.4 is 0 Å². The third kappa shape index (κ3) is 4.84. The number of carbonyl (C=O) groups excluding carboxylic acids is 1. The van der Waals surface area contributed by atoms with Crippen molar-refractivity contribution in [3.63, 3.8) is 0 Å². The average Bonchev–Trinajstić information content (AvgIpc) is 3.73. The molecule has 0 saturated heterocycles. The Kier molecular flexibility index (Phi) is 6.59. The lowest BCUT2D eigenvalue weighted by molar-refractivity contribution is 0.0947. The van der Waals surface area contributed by atoms with Crippen molar-refractivity contribution in [2.75, 3.05) is 0 Å². The quantitative estimate of drug-likeness (QED) is 0.212. The van der Waals surface area contributed by atoms with Crippen LogP contribution >= 0.6 is 0 Å². The van der Waals surface area contributed by atoms with Gasteiger partial charge in [-0.1, -0.05) is 121 Å². The molecular formula is C37H26N4O. The Morgan fingerprint density at radius 3 is 1.40 bits per heavy atom. The zero-order valence-corrected chi connectivity index (χ0v) is 22.7. The number of rotatable bonds is 6. The van der Waals surface area contributed by atoms with Crippen molar-refractivity contribution < 1.29 is 4.79 Å². The molecular weight excluding hydrogens is 516 g/mol. The molecule has 0 atom stereocenters. The molecule has 0 aliphatic carbocycles. The molecule has 5 aromatic carbocycles. The van der Waals surface area contributed by atoms with E-state index in [9.17, 15) is 4.79 Å². The summed E-state index contributed by atoms with van der Waals surface area (Å²) < 4.78 is 3.44. The van der Waals surface area contributed by atoms with Crippen LogP contribution in [0.1, 0.15) is 10.4 Å². The molecule has 0 aliphatic heterocycles. The smallest absolute Gasteiger partial charge is 0.267 e. The summed E-state index contributed by atoms with van der Waals surface area (Å²) in [6, 6.07) is 51.8. The van der Waals surface area contributed by atoms with Crippen molar-refractivity contribution in [3.05, 3.63) is 163 Å². The van der Waals surface area contributed by atoms with Gasteiger partial charge in [-0.3, -0.25) is 4.79 Å². The van der Waals surface area contributed by atoms with Gasteiger partial charge in [-0.05, 0) is 36.4 Å². The number of hydrogen-bond acceptors (Lipinski definition) is 3. The van der Waals surface area contributed by atoms with Crippen LogP contribution in [0.2, 0.25) is 0 Å². The fraction of sp³-hybridized carbons (Fsp3) is 0. The Hall–Kier alpha value is -5.81. The lowest BCUT2D eigenvalue weighted by Crippen LogP contribution is -2.15. The van der Waals surface area contributed by atoms with Crippen LogP contribution in [-0.2, 0) is 0 Å². The first kappa shape index (κ1) is 25.2. The maximum absolute atomic E-state index is 13.9. The van der Waals surface area contributed by atoms with Crippen LogP contribution in [0.5, 0.6) is 0 Å². The normalized spacial score (nSPS) is 11.0. The highest BCUT2D eigenvalue weighted by atomic mass is 16.2. The van der Waals surface area contributed by atoms with Gasteiger partial charge in [-0.2, -0.15) is 14.9 Å². The molecule has 42 heavy (non-hydrogen) atoms. The summed E-state index contributed by atoms with van der Waals surface area (Å²) in [5.41, 5.74) is 8.73. The van der Waals surface area contributed by atoms with Crippen molar-refractivity contribution in [1.82, 2.24) is 19.6 Å². The van der Waals surface area contributed by atoms with Crippen LogP contribution in [-0.4, -0.2) is 25.5 Å². The molecule has 0 radical (unpaired) electrons. The number of benzene rings is 5. The third-order valence-electron chi connectivity index (χ3n) is 7.25. The SMILES string of the molecule is O=C(c1ccc(-n2nc(-c3ccccc3)cc2-c2ccccc2)cc1)n1nc(-c2ccccc2)cc1-c1ccccc1. The van der Waals surface area contributed by atoms with E-state index in [1.807, 2.05) is 132 Å². The summed E-state index contributed by atoms with van der Waals surface area (Å²) in [6.07, 6.45) is 0. The van der Waals surface area contributed by atoms with E-state index in [4.69, 9.17) is 10.2 Å². The molecule has 0 bridgehead atoms. The number of aromatic nitrogens is 4. The second-order valence-electron chi connectivity index (χ2n) is 9.97. The molecule has 5 nitrogen and oxygen atoms in total. The summed E-state index contributed by atoms with van der Waals surface area (Å²) in [4.78, 5) is 13.9. The minimum Gasteiger partial charge on any atom is -0.267 e. The molecule has 200 valence electrons. The molecule has 2 heterocycles. The Bertz CT molecular complexity index is 1960. The summed E-state index contributed by atoms with van der Waals surface area (Å²) in [5.74, 6) is -0.198. The van der Waals surface area contributed by atoms with Gasteiger partial charge in [0, 0.05) is 27.8 Å². The largest absolute Gasteiger partial charge is 0.278 e. The van der Waals surface area contributed by atoms with E-state index in [1.165, 1.54) is 4.68 Å². The number of nitrogens with zero attached hydrogens (tertiary/aromatic N) is 4. The van der Waals surface area contributed by atoms with Gasteiger partial charge in [-0.25, -0.2) is 4.68 Å². The molecule has 7 aromatic rings. The average molecular weight is 543 g/mol. The molecule has 0 amide bonds. The number of carbonyl (C=O) groups is 1. The van der Waals surface area contributed by atoms with Crippen LogP contribution in [0, 0.1) is 0 Å². The molecule has 0 aliphatic rings. The van der Waals surface area contributed by atoms with Gasteiger partial charge in [0.05, 0.1) is 28.5 Å². The molecule has 0 fully saturated rings. The second-order valence-corrected chi connectivity index (χ2v) is 9.97. The molecule has 0 N–H and O–H groups in total. The van der Waals surface area contributed by atoms with E-state index in [1.54, 1.807) is 0 Å². The molecule has 7 rings (SSSR count). The van der Waals surface area contributed by atoms with Crippen LogP contribution in [0.25, 0.3) is 50.7 Å². The molecule has 5 heteroatoms. The van der Waals surface area contributed by atoms with Gasteiger partial charge in [0.1, 0.15) is 0 Å². The third-order valence-corrected chi connectivity index (χ3v) is 7.25. The van der Waals surface area contributed by atoms with Crippen LogP contribution in [0.3, 0.4) is 0 Å². The van der Waals surface area contributed by atoms with Crippen molar-refractivity contribution >= 4 is 5.91 Å². The number of hydrogen-bond donors (Lipinski definition) is 0. The lowest BCUT2D eigenvalue weighted by Gasteiger charge is -2.10. The summed E-state index contributed by atoms with van der Waals surface area (Å²) in [7, 11) is 0. The first-order chi connectivity index (χ1) is 20.7. The maximum atomic E-state index is 13.9. The van der Waals surface area contributed by atoms with Gasteiger partial charge in [0.15, 0.2) is 0 Å². The van der Waals surface area contributed by atoms with Gasteiger partial charge >= 0.3 is 0 Å². The zero-order valence-electron chi connectivity index (χ0n) is 22.7. The Labute approximate surface area is 244 Å². The first-order valence-corrected chi connectivity index (χ1v) is 13.8. The Morgan fingerprint density at radius 2 is 0.881 bits per heavy atom. The Balaban J connectivity index is 1.27. The highest BCUT2D eigenvalue weighted by molar-refractivity contribution is 5.98. The molecule has 2 aromatic heterocycles. The van der Waals surface area contributed by atoms with Crippen molar-refractivity contribution in [2.24, 2.45) is 0 Å². The topological polar surface area (TPSA) is 52.7 Å². The highest BCUT2D eigenvalue weighted by Gasteiger charge is 2.19. The minimum absolute atomic E-state index is 0.198. The van der Waals surface area contributed by atoms with Gasteiger partial charge < -0.3 is 0 Å². The first-order valence-electron chi connectivity index (χ1n) is 13.8. The predicted molar refractivity (Wildman–Crippen MR) is 167 cm³/mol. The molecule has 0 spiro atoms. The van der Waals surface area contributed by atoms with Gasteiger partial charge in [0.25, 0.3) is 5.91 Å². The second kappa shape index (κ2) is 11.0. The maximum Gasteiger partial charge on any atom is 0.278 e. The lowest BCUT2D eigenvalue weighted by atomic mass is 10.1. The summed E-state index contributed by atoms with van der Waals surface area (Å²) >= 11 is 0. The van der Waals surface area contributed by atoms with Crippen molar-refractivity contribution in [1.29, 1.82) is 0 Å². The van der Waals surface area contributed by atoms with E-state index in [0.717, 1.165) is 50.7 Å². The van der Waals surface area contributed by atoms with Gasteiger partial charge in [-0.15, -0.1) is 0 Å². The predicted octanol–water partition coefficient (Wildman–Crippen LogP) is 8.43. The molecule has 0 saturated carbocycles. The van der Waals surface area contributed by atoms with Crippen molar-refractivity contribution in [2.45, 2.75) is 0 Å². The monoisotopic (exact) mass is 542 g/mol. The highest BCUT2D eigenvalue weighted by Crippen LogP contribution is 2.30. The van der Waals surface area contributed by atoms with E-state index < -0.39 is 0 Å².